The molecule has 1 aliphatic rings. The van der Waals surface area contributed by atoms with Crippen molar-refractivity contribution < 1.29 is 0 Å². The van der Waals surface area contributed by atoms with Crippen molar-refractivity contribution in [2.45, 2.75) is 39.8 Å². The third-order valence-electron chi connectivity index (χ3n) is 3.96. The highest BCUT2D eigenvalue weighted by Crippen LogP contribution is 2.15. The van der Waals surface area contributed by atoms with Gasteiger partial charge < -0.3 is 15.2 Å². The van der Waals surface area contributed by atoms with E-state index in [0.717, 1.165) is 31.8 Å². The van der Waals surface area contributed by atoms with Crippen molar-refractivity contribution >= 4 is 29.9 Å². The molecule has 0 aromatic carbocycles. The predicted octanol–water partition coefficient (Wildman–Crippen LogP) is 2.03. The Hall–Kier alpha value is -1.05. The lowest BCUT2D eigenvalue weighted by molar-refractivity contribution is 0.277. The summed E-state index contributed by atoms with van der Waals surface area (Å²) in [4.78, 5) is 18.6. The number of pyridine rings is 1. The number of aliphatic imine (C=N–C) groups is 1. The maximum absolute atomic E-state index is 12.1. The van der Waals surface area contributed by atoms with E-state index in [1.54, 1.807) is 10.8 Å². The molecule has 2 heterocycles. The zero-order valence-electron chi connectivity index (χ0n) is 12.8. The molecule has 0 unspecified atom stereocenters. The van der Waals surface area contributed by atoms with Crippen LogP contribution in [0.15, 0.2) is 28.1 Å². The number of aromatic nitrogens is 1. The van der Waals surface area contributed by atoms with Crippen LogP contribution in [0.2, 0.25) is 0 Å². The molecular formula is C15H25IN4O. The minimum absolute atomic E-state index is 0. The molecule has 0 aliphatic carbocycles. The summed E-state index contributed by atoms with van der Waals surface area (Å²) in [6, 6.07) is 3.71. The third-order valence-corrected chi connectivity index (χ3v) is 3.96. The SMILES string of the molecule is CCn1cccc(CN=C(N)N2CCC(C)CC2)c1=O.I. The average Bonchev–Trinajstić information content (AvgIpc) is 2.46. The Kier molecular flexibility index (Phi) is 7.21. The van der Waals surface area contributed by atoms with E-state index in [1.807, 2.05) is 19.1 Å². The van der Waals surface area contributed by atoms with Gasteiger partial charge in [-0.2, -0.15) is 0 Å². The van der Waals surface area contributed by atoms with Gasteiger partial charge in [0.25, 0.3) is 5.56 Å². The van der Waals surface area contributed by atoms with Crippen molar-refractivity contribution in [2.75, 3.05) is 13.1 Å². The highest BCUT2D eigenvalue weighted by Gasteiger charge is 2.16. The average molecular weight is 404 g/mol. The summed E-state index contributed by atoms with van der Waals surface area (Å²) in [6.45, 7) is 7.18. The standard InChI is InChI=1S/C15H24N4O.HI/c1-3-18-8-4-5-13(14(18)20)11-17-15(16)19-9-6-12(2)7-10-19;/h4-5,8,12H,3,6-7,9-11H2,1-2H3,(H2,16,17);1H. The molecule has 5 nitrogen and oxygen atoms in total. The molecule has 6 heteroatoms. The maximum atomic E-state index is 12.1. The number of halogens is 1. The molecule has 1 aromatic rings. The summed E-state index contributed by atoms with van der Waals surface area (Å²) < 4.78 is 1.68. The van der Waals surface area contributed by atoms with E-state index in [9.17, 15) is 4.79 Å². The first-order chi connectivity index (χ1) is 9.61. The van der Waals surface area contributed by atoms with Crippen LogP contribution in [0.25, 0.3) is 0 Å². The number of piperidine rings is 1. The predicted molar refractivity (Wildman–Crippen MR) is 97.1 cm³/mol. The molecule has 0 atom stereocenters. The Balaban J connectivity index is 0.00000220. The highest BCUT2D eigenvalue weighted by atomic mass is 127. The number of hydrogen-bond acceptors (Lipinski definition) is 2. The van der Waals surface area contributed by atoms with Crippen molar-refractivity contribution in [1.82, 2.24) is 9.47 Å². The van der Waals surface area contributed by atoms with Crippen molar-refractivity contribution in [1.29, 1.82) is 0 Å². The molecular weight excluding hydrogens is 379 g/mol. The Morgan fingerprint density at radius 1 is 1.43 bits per heavy atom. The first kappa shape index (κ1) is 18.0. The van der Waals surface area contributed by atoms with Crippen LogP contribution in [0, 0.1) is 5.92 Å². The summed E-state index contributed by atoms with van der Waals surface area (Å²) in [5.41, 5.74) is 6.75. The van der Waals surface area contributed by atoms with Gasteiger partial charge >= 0.3 is 0 Å². The van der Waals surface area contributed by atoms with E-state index < -0.39 is 0 Å². The van der Waals surface area contributed by atoms with Gasteiger partial charge in [-0.15, -0.1) is 24.0 Å². The zero-order chi connectivity index (χ0) is 14.5. The second kappa shape index (κ2) is 8.41. The number of nitrogens with zero attached hydrogens (tertiary/aromatic N) is 3. The minimum Gasteiger partial charge on any atom is -0.370 e. The maximum Gasteiger partial charge on any atom is 0.255 e. The van der Waals surface area contributed by atoms with Gasteiger partial charge in [-0.3, -0.25) is 4.79 Å². The molecule has 0 saturated carbocycles. The molecule has 1 saturated heterocycles. The number of likely N-dealkylation sites (tertiary alicyclic amines) is 1. The van der Waals surface area contributed by atoms with E-state index in [0.29, 0.717) is 24.6 Å². The number of hydrogen-bond donors (Lipinski definition) is 1. The normalized spacial score (nSPS) is 16.7. The Morgan fingerprint density at radius 3 is 2.71 bits per heavy atom. The van der Waals surface area contributed by atoms with Crippen molar-refractivity contribution in [3.63, 3.8) is 0 Å². The zero-order valence-corrected chi connectivity index (χ0v) is 15.1. The van der Waals surface area contributed by atoms with E-state index in [-0.39, 0.29) is 29.5 Å². The summed E-state index contributed by atoms with van der Waals surface area (Å²) >= 11 is 0. The molecule has 1 fully saturated rings. The summed E-state index contributed by atoms with van der Waals surface area (Å²) in [7, 11) is 0. The number of nitrogens with two attached hydrogens (primary N) is 1. The molecule has 0 bridgehead atoms. The second-order valence-corrected chi connectivity index (χ2v) is 5.47. The quantitative estimate of drug-likeness (QED) is 0.477. The molecule has 0 radical (unpaired) electrons. The summed E-state index contributed by atoms with van der Waals surface area (Å²) in [5.74, 6) is 1.33. The van der Waals surface area contributed by atoms with Crippen LogP contribution in [0.1, 0.15) is 32.3 Å². The molecule has 21 heavy (non-hydrogen) atoms. The van der Waals surface area contributed by atoms with Crippen LogP contribution in [-0.4, -0.2) is 28.5 Å². The first-order valence-corrected chi connectivity index (χ1v) is 7.35. The Bertz CT molecular complexity index is 533. The van der Waals surface area contributed by atoms with Crippen LogP contribution in [0.4, 0.5) is 0 Å². The molecule has 2 rings (SSSR count). The van der Waals surface area contributed by atoms with Crippen molar-refractivity contribution in [3.8, 4) is 0 Å². The fraction of sp³-hybridized carbons (Fsp3) is 0.600. The van der Waals surface area contributed by atoms with E-state index in [2.05, 4.69) is 16.8 Å². The number of rotatable bonds is 3. The Labute approximate surface area is 143 Å². The van der Waals surface area contributed by atoms with Gasteiger partial charge in [-0.25, -0.2) is 4.99 Å². The topological polar surface area (TPSA) is 63.6 Å². The van der Waals surface area contributed by atoms with E-state index >= 15 is 0 Å². The van der Waals surface area contributed by atoms with Crippen LogP contribution < -0.4 is 11.3 Å². The summed E-state index contributed by atoms with van der Waals surface area (Å²) in [6.07, 6.45) is 4.11. The van der Waals surface area contributed by atoms with E-state index in [1.165, 1.54) is 0 Å². The van der Waals surface area contributed by atoms with Crippen molar-refractivity contribution in [2.24, 2.45) is 16.6 Å². The largest absolute Gasteiger partial charge is 0.370 e. The lowest BCUT2D eigenvalue weighted by Crippen LogP contribution is -2.42. The van der Waals surface area contributed by atoms with Crippen LogP contribution >= 0.6 is 24.0 Å². The van der Waals surface area contributed by atoms with Gasteiger partial charge in [0.2, 0.25) is 0 Å². The van der Waals surface area contributed by atoms with Crippen LogP contribution in [-0.2, 0) is 13.1 Å². The van der Waals surface area contributed by atoms with Crippen LogP contribution in [0.3, 0.4) is 0 Å². The number of guanidine groups is 1. The molecule has 0 spiro atoms. The van der Waals surface area contributed by atoms with Gasteiger partial charge in [-0.05, 0) is 31.7 Å². The fourth-order valence-electron chi connectivity index (χ4n) is 2.46. The first-order valence-electron chi connectivity index (χ1n) is 7.35. The minimum atomic E-state index is 0. The number of aryl methyl sites for hydroxylation is 1. The van der Waals surface area contributed by atoms with Gasteiger partial charge in [0.1, 0.15) is 0 Å². The van der Waals surface area contributed by atoms with Gasteiger partial charge in [0.15, 0.2) is 5.96 Å². The molecule has 118 valence electrons. The van der Waals surface area contributed by atoms with Gasteiger partial charge in [0, 0.05) is 31.4 Å². The lowest BCUT2D eigenvalue weighted by atomic mass is 10.00. The molecule has 2 N–H and O–H groups in total. The smallest absolute Gasteiger partial charge is 0.255 e. The monoisotopic (exact) mass is 404 g/mol. The van der Waals surface area contributed by atoms with Crippen molar-refractivity contribution in [3.05, 3.63) is 34.2 Å². The van der Waals surface area contributed by atoms with E-state index in [4.69, 9.17) is 5.73 Å². The van der Waals surface area contributed by atoms with Gasteiger partial charge in [0.05, 0.1) is 6.54 Å². The Morgan fingerprint density at radius 2 is 2.10 bits per heavy atom. The van der Waals surface area contributed by atoms with Gasteiger partial charge in [-0.1, -0.05) is 13.0 Å². The van der Waals surface area contributed by atoms with Crippen LogP contribution in [0.5, 0.6) is 0 Å². The fourth-order valence-corrected chi connectivity index (χ4v) is 2.46. The second-order valence-electron chi connectivity index (χ2n) is 5.47. The molecule has 1 aliphatic heterocycles. The third kappa shape index (κ3) is 4.72. The molecule has 0 amide bonds. The highest BCUT2D eigenvalue weighted by molar-refractivity contribution is 14.0. The molecule has 1 aromatic heterocycles. The lowest BCUT2D eigenvalue weighted by Gasteiger charge is -2.31. The summed E-state index contributed by atoms with van der Waals surface area (Å²) in [5, 5.41) is 0.